The summed E-state index contributed by atoms with van der Waals surface area (Å²) in [6.07, 6.45) is 2.65. The highest BCUT2D eigenvalue weighted by Crippen LogP contribution is 2.51. The van der Waals surface area contributed by atoms with Crippen LogP contribution in [0.25, 0.3) is 0 Å². The Morgan fingerprint density at radius 1 is 1.42 bits per heavy atom. The zero-order chi connectivity index (χ0) is 14.2. The van der Waals surface area contributed by atoms with E-state index in [1.54, 1.807) is 0 Å². The predicted molar refractivity (Wildman–Crippen MR) is 73.8 cm³/mol. The van der Waals surface area contributed by atoms with Gasteiger partial charge in [0, 0.05) is 24.0 Å². The number of methoxy groups -OCH3 is 1. The van der Waals surface area contributed by atoms with Crippen molar-refractivity contribution in [2.24, 2.45) is 17.3 Å². The molecule has 4 heteroatoms. The van der Waals surface area contributed by atoms with E-state index < -0.39 is 0 Å². The van der Waals surface area contributed by atoms with Crippen molar-refractivity contribution in [2.45, 2.75) is 58.7 Å². The molecule has 0 aromatic heterocycles. The van der Waals surface area contributed by atoms with Crippen molar-refractivity contribution in [1.29, 1.82) is 0 Å². The number of carbonyl (C=O) groups excluding carboxylic acids is 1. The minimum absolute atomic E-state index is 0.0895. The molecular weight excluding hydrogens is 242 g/mol. The number of nitrogens with one attached hydrogen (secondary N) is 1. The summed E-state index contributed by atoms with van der Waals surface area (Å²) in [4.78, 5) is 11.9. The van der Waals surface area contributed by atoms with Gasteiger partial charge < -0.3 is 14.8 Å². The van der Waals surface area contributed by atoms with E-state index >= 15 is 0 Å². The highest BCUT2D eigenvalue weighted by atomic mass is 16.5. The van der Waals surface area contributed by atoms with E-state index in [1.807, 2.05) is 0 Å². The molecule has 1 saturated heterocycles. The molecule has 110 valence electrons. The third-order valence-corrected chi connectivity index (χ3v) is 4.81. The number of ether oxygens (including phenoxy) is 2. The van der Waals surface area contributed by atoms with E-state index in [0.29, 0.717) is 18.1 Å². The Hall–Kier alpha value is -0.610. The topological polar surface area (TPSA) is 47.6 Å². The fourth-order valence-corrected chi connectivity index (χ4v) is 3.71. The average molecular weight is 269 g/mol. The summed E-state index contributed by atoms with van der Waals surface area (Å²) in [5.74, 6) is 0.604. The summed E-state index contributed by atoms with van der Waals surface area (Å²) >= 11 is 0. The second kappa shape index (κ2) is 5.41. The third kappa shape index (κ3) is 2.52. The van der Waals surface area contributed by atoms with E-state index in [-0.39, 0.29) is 23.3 Å². The van der Waals surface area contributed by atoms with Crippen LogP contribution in [0.4, 0.5) is 0 Å². The number of hydrogen-bond acceptors (Lipinski definition) is 4. The van der Waals surface area contributed by atoms with Gasteiger partial charge in [0.1, 0.15) is 6.04 Å². The highest BCUT2D eigenvalue weighted by molar-refractivity contribution is 5.76. The number of hydrogen-bond donors (Lipinski definition) is 1. The van der Waals surface area contributed by atoms with Crippen LogP contribution in [-0.4, -0.2) is 37.9 Å². The van der Waals surface area contributed by atoms with Gasteiger partial charge in [-0.2, -0.15) is 0 Å². The average Bonchev–Trinajstić information content (AvgIpc) is 2.38. The highest BCUT2D eigenvalue weighted by Gasteiger charge is 2.58. The minimum atomic E-state index is -0.225. The molecule has 2 fully saturated rings. The Bertz CT molecular complexity index is 340. The van der Waals surface area contributed by atoms with Crippen LogP contribution >= 0.6 is 0 Å². The van der Waals surface area contributed by atoms with Gasteiger partial charge in [-0.15, -0.1) is 0 Å². The number of esters is 1. The Balaban J connectivity index is 2.06. The number of carbonyl (C=O) groups is 1. The normalized spacial score (nSPS) is 34.3. The molecule has 2 aliphatic rings. The van der Waals surface area contributed by atoms with Gasteiger partial charge in [-0.05, 0) is 18.8 Å². The Labute approximate surface area is 116 Å². The molecule has 4 unspecified atom stereocenters. The summed E-state index contributed by atoms with van der Waals surface area (Å²) in [5, 5.41) is 3.54. The van der Waals surface area contributed by atoms with Crippen LogP contribution in [0, 0.1) is 17.3 Å². The summed E-state index contributed by atoms with van der Waals surface area (Å²) in [6, 6.07) is 0.112. The van der Waals surface area contributed by atoms with E-state index in [9.17, 15) is 4.79 Å². The molecule has 2 rings (SSSR count). The molecule has 0 aromatic carbocycles. The smallest absolute Gasteiger partial charge is 0.323 e. The van der Waals surface area contributed by atoms with Crippen LogP contribution in [0.15, 0.2) is 0 Å². The van der Waals surface area contributed by atoms with Crippen molar-refractivity contribution in [3.05, 3.63) is 0 Å². The molecule has 0 bridgehead atoms. The fourth-order valence-electron chi connectivity index (χ4n) is 3.71. The predicted octanol–water partition coefficient (Wildman–Crippen LogP) is 1.98. The zero-order valence-electron chi connectivity index (χ0n) is 12.7. The van der Waals surface area contributed by atoms with Crippen molar-refractivity contribution < 1.29 is 14.3 Å². The molecule has 1 heterocycles. The monoisotopic (exact) mass is 269 g/mol. The van der Waals surface area contributed by atoms with Crippen LogP contribution in [0.3, 0.4) is 0 Å². The molecule has 1 aliphatic carbocycles. The maximum atomic E-state index is 11.9. The van der Waals surface area contributed by atoms with Crippen molar-refractivity contribution >= 4 is 5.97 Å². The van der Waals surface area contributed by atoms with Gasteiger partial charge in [-0.3, -0.25) is 4.79 Å². The Kier molecular flexibility index (Phi) is 4.21. The number of fused-ring (bicyclic) bond motifs is 1. The van der Waals surface area contributed by atoms with E-state index in [0.717, 1.165) is 13.0 Å². The van der Waals surface area contributed by atoms with Crippen molar-refractivity contribution in [3.8, 4) is 0 Å². The van der Waals surface area contributed by atoms with Crippen molar-refractivity contribution in [3.63, 3.8) is 0 Å². The maximum Gasteiger partial charge on any atom is 0.323 e. The first-order valence-corrected chi connectivity index (χ1v) is 7.35. The summed E-state index contributed by atoms with van der Waals surface area (Å²) in [5.41, 5.74) is 0.0895. The van der Waals surface area contributed by atoms with Gasteiger partial charge in [0.05, 0.1) is 13.2 Å². The third-order valence-electron chi connectivity index (χ3n) is 4.81. The molecule has 4 atom stereocenters. The molecule has 4 nitrogen and oxygen atoms in total. The molecule has 0 amide bonds. The van der Waals surface area contributed by atoms with Crippen molar-refractivity contribution in [1.82, 2.24) is 5.32 Å². The summed E-state index contributed by atoms with van der Waals surface area (Å²) < 4.78 is 10.8. The van der Waals surface area contributed by atoms with E-state index in [4.69, 9.17) is 9.47 Å². The van der Waals surface area contributed by atoms with Gasteiger partial charge in [-0.1, -0.05) is 27.7 Å². The molecule has 1 N–H and O–H groups in total. The molecule has 19 heavy (non-hydrogen) atoms. The molecule has 1 saturated carbocycles. The lowest BCUT2D eigenvalue weighted by Gasteiger charge is -2.60. The fraction of sp³-hybridized carbons (Fsp3) is 0.933. The van der Waals surface area contributed by atoms with E-state index in [1.165, 1.54) is 13.5 Å². The SMILES string of the molecule is COC(=O)C(NC1C2CCCOC2C1(C)C)C(C)C. The first kappa shape index (κ1) is 14.8. The lowest BCUT2D eigenvalue weighted by Crippen LogP contribution is -2.71. The van der Waals surface area contributed by atoms with Gasteiger partial charge >= 0.3 is 5.97 Å². The van der Waals surface area contributed by atoms with E-state index in [2.05, 4.69) is 33.0 Å². The Morgan fingerprint density at radius 3 is 2.68 bits per heavy atom. The largest absolute Gasteiger partial charge is 0.468 e. The summed E-state index contributed by atoms with van der Waals surface area (Å²) in [7, 11) is 1.46. The van der Waals surface area contributed by atoms with Crippen LogP contribution in [0.5, 0.6) is 0 Å². The first-order chi connectivity index (χ1) is 8.89. The minimum Gasteiger partial charge on any atom is -0.468 e. The molecule has 0 radical (unpaired) electrons. The lowest BCUT2D eigenvalue weighted by atomic mass is 9.55. The van der Waals surface area contributed by atoms with Gasteiger partial charge in [-0.25, -0.2) is 0 Å². The van der Waals surface area contributed by atoms with Crippen molar-refractivity contribution in [2.75, 3.05) is 13.7 Å². The molecule has 0 spiro atoms. The van der Waals surface area contributed by atoms with Gasteiger partial charge in [0.15, 0.2) is 0 Å². The molecular formula is C15H27NO3. The van der Waals surface area contributed by atoms with Crippen LogP contribution in [-0.2, 0) is 14.3 Å². The first-order valence-electron chi connectivity index (χ1n) is 7.35. The summed E-state index contributed by atoms with van der Waals surface area (Å²) in [6.45, 7) is 9.43. The lowest BCUT2D eigenvalue weighted by molar-refractivity contribution is -0.196. The second-order valence-corrected chi connectivity index (χ2v) is 6.81. The Morgan fingerprint density at radius 2 is 2.11 bits per heavy atom. The van der Waals surface area contributed by atoms with Crippen LogP contribution in [0.2, 0.25) is 0 Å². The zero-order valence-corrected chi connectivity index (χ0v) is 12.7. The molecule has 0 aromatic rings. The maximum absolute atomic E-state index is 11.9. The van der Waals surface area contributed by atoms with Crippen LogP contribution < -0.4 is 5.32 Å². The second-order valence-electron chi connectivity index (χ2n) is 6.81. The molecule has 1 aliphatic heterocycles. The van der Waals surface area contributed by atoms with Crippen LogP contribution in [0.1, 0.15) is 40.5 Å². The van der Waals surface area contributed by atoms with Gasteiger partial charge in [0.25, 0.3) is 0 Å². The standard InChI is InChI=1S/C15H27NO3/c1-9(2)11(14(17)18-5)16-12-10-7-6-8-19-13(10)15(12,3)4/h9-13,16H,6-8H2,1-5H3. The quantitative estimate of drug-likeness (QED) is 0.793. The number of rotatable bonds is 4. The van der Waals surface area contributed by atoms with Gasteiger partial charge in [0.2, 0.25) is 0 Å².